The average molecular weight is 263 g/mol. The summed E-state index contributed by atoms with van der Waals surface area (Å²) in [5.74, 6) is -0.262. The third kappa shape index (κ3) is 2.56. The highest BCUT2D eigenvalue weighted by Gasteiger charge is 2.37. The van der Waals surface area contributed by atoms with Crippen LogP contribution in [0.15, 0.2) is 24.3 Å². The minimum atomic E-state index is -3.22. The number of nitrogens with zero attached hydrogens (tertiary/aromatic N) is 1. The van der Waals surface area contributed by atoms with Crippen LogP contribution in [-0.2, 0) is 15.6 Å². The van der Waals surface area contributed by atoms with Crippen LogP contribution in [0.4, 0.5) is 0 Å². The van der Waals surface area contributed by atoms with E-state index >= 15 is 0 Å². The zero-order valence-electron chi connectivity index (χ0n) is 10.5. The SMILES string of the molecule is Cc1ccccc1CS(=O)(=O)C1CCCC1C#N. The normalized spacial score (nSPS) is 23.8. The minimum absolute atomic E-state index is 0.0581. The Morgan fingerprint density at radius 2 is 2.06 bits per heavy atom. The molecule has 0 spiro atoms. The second kappa shape index (κ2) is 5.11. The molecule has 0 aromatic heterocycles. The van der Waals surface area contributed by atoms with Crippen LogP contribution in [0.25, 0.3) is 0 Å². The lowest BCUT2D eigenvalue weighted by Crippen LogP contribution is -2.26. The van der Waals surface area contributed by atoms with E-state index in [1.165, 1.54) is 0 Å². The van der Waals surface area contributed by atoms with Crippen LogP contribution in [0.1, 0.15) is 30.4 Å². The second-order valence-electron chi connectivity index (χ2n) is 4.94. The molecule has 0 radical (unpaired) electrons. The molecular weight excluding hydrogens is 246 g/mol. The molecule has 1 aromatic rings. The van der Waals surface area contributed by atoms with E-state index in [1.54, 1.807) is 0 Å². The predicted octanol–water partition coefficient (Wildman–Crippen LogP) is 2.60. The van der Waals surface area contributed by atoms with E-state index in [1.807, 2.05) is 31.2 Å². The van der Waals surface area contributed by atoms with Gasteiger partial charge in [-0.25, -0.2) is 8.42 Å². The number of hydrogen-bond donors (Lipinski definition) is 0. The van der Waals surface area contributed by atoms with E-state index < -0.39 is 15.1 Å². The fraction of sp³-hybridized carbons (Fsp3) is 0.500. The first kappa shape index (κ1) is 13.1. The highest BCUT2D eigenvalue weighted by Crippen LogP contribution is 2.32. The lowest BCUT2D eigenvalue weighted by Gasteiger charge is -2.15. The highest BCUT2D eigenvalue weighted by atomic mass is 32.2. The van der Waals surface area contributed by atoms with E-state index in [0.717, 1.165) is 17.5 Å². The van der Waals surface area contributed by atoms with Crippen LogP contribution >= 0.6 is 0 Å². The van der Waals surface area contributed by atoms with E-state index in [0.29, 0.717) is 12.8 Å². The van der Waals surface area contributed by atoms with Crippen molar-refractivity contribution in [1.29, 1.82) is 5.26 Å². The van der Waals surface area contributed by atoms with Gasteiger partial charge < -0.3 is 0 Å². The van der Waals surface area contributed by atoms with Gasteiger partial charge in [-0.1, -0.05) is 30.7 Å². The van der Waals surface area contributed by atoms with Gasteiger partial charge in [0.25, 0.3) is 0 Å². The van der Waals surface area contributed by atoms with Crippen molar-refractivity contribution in [2.45, 2.75) is 37.2 Å². The third-order valence-corrected chi connectivity index (χ3v) is 5.90. The molecule has 0 amide bonds. The lowest BCUT2D eigenvalue weighted by atomic mass is 10.1. The van der Waals surface area contributed by atoms with Gasteiger partial charge in [-0.05, 0) is 30.9 Å². The molecule has 0 saturated heterocycles. The Morgan fingerprint density at radius 1 is 1.33 bits per heavy atom. The van der Waals surface area contributed by atoms with E-state index in [-0.39, 0.29) is 11.7 Å². The van der Waals surface area contributed by atoms with Gasteiger partial charge >= 0.3 is 0 Å². The van der Waals surface area contributed by atoms with E-state index in [9.17, 15) is 8.42 Å². The Morgan fingerprint density at radius 3 is 2.72 bits per heavy atom. The van der Waals surface area contributed by atoms with Gasteiger partial charge in [0.15, 0.2) is 9.84 Å². The first-order chi connectivity index (χ1) is 8.54. The van der Waals surface area contributed by atoms with Crippen molar-refractivity contribution in [2.75, 3.05) is 0 Å². The van der Waals surface area contributed by atoms with Gasteiger partial charge in [-0.15, -0.1) is 0 Å². The third-order valence-electron chi connectivity index (χ3n) is 3.70. The standard InChI is InChI=1S/C14H17NO2S/c1-11-5-2-3-6-13(11)10-18(16,17)14-8-4-7-12(14)9-15/h2-3,5-6,12,14H,4,7-8,10H2,1H3. The molecule has 2 atom stereocenters. The van der Waals surface area contributed by atoms with Gasteiger partial charge in [-0.3, -0.25) is 0 Å². The molecule has 4 heteroatoms. The topological polar surface area (TPSA) is 57.9 Å². The summed E-state index contributed by atoms with van der Waals surface area (Å²) >= 11 is 0. The molecule has 0 N–H and O–H groups in total. The maximum atomic E-state index is 12.4. The van der Waals surface area contributed by atoms with Gasteiger partial charge in [0.2, 0.25) is 0 Å². The summed E-state index contributed by atoms with van der Waals surface area (Å²) in [5.41, 5.74) is 1.84. The van der Waals surface area contributed by atoms with Crippen molar-refractivity contribution in [3.05, 3.63) is 35.4 Å². The first-order valence-corrected chi connectivity index (χ1v) is 7.92. The summed E-state index contributed by atoms with van der Waals surface area (Å²) in [6.45, 7) is 1.92. The number of rotatable bonds is 3. The number of hydrogen-bond acceptors (Lipinski definition) is 3. The van der Waals surface area contributed by atoms with Gasteiger partial charge in [0, 0.05) is 0 Å². The maximum Gasteiger partial charge on any atom is 0.158 e. The molecule has 1 fully saturated rings. The monoisotopic (exact) mass is 263 g/mol. The largest absolute Gasteiger partial charge is 0.228 e. The van der Waals surface area contributed by atoms with Crippen molar-refractivity contribution >= 4 is 9.84 Å². The molecule has 1 aromatic carbocycles. The Kier molecular flexibility index (Phi) is 3.72. The van der Waals surface area contributed by atoms with Crippen molar-refractivity contribution in [3.8, 4) is 6.07 Å². The highest BCUT2D eigenvalue weighted by molar-refractivity contribution is 7.91. The van der Waals surface area contributed by atoms with Crippen LogP contribution in [0.2, 0.25) is 0 Å². The summed E-state index contributed by atoms with van der Waals surface area (Å²) in [7, 11) is -3.22. The summed E-state index contributed by atoms with van der Waals surface area (Å²) in [6.07, 6.45) is 2.19. The number of nitriles is 1. The van der Waals surface area contributed by atoms with E-state index in [4.69, 9.17) is 5.26 Å². The Bertz CT molecular complexity index is 572. The molecule has 96 valence electrons. The molecule has 0 heterocycles. The molecule has 1 aliphatic carbocycles. The van der Waals surface area contributed by atoms with Crippen LogP contribution in [0.5, 0.6) is 0 Å². The molecule has 2 unspecified atom stereocenters. The summed E-state index contributed by atoms with van der Waals surface area (Å²) in [6, 6.07) is 9.67. The smallest absolute Gasteiger partial charge is 0.158 e. The minimum Gasteiger partial charge on any atom is -0.228 e. The van der Waals surface area contributed by atoms with Crippen molar-refractivity contribution in [3.63, 3.8) is 0 Å². The fourth-order valence-corrected chi connectivity index (χ4v) is 4.79. The molecule has 2 rings (SSSR count). The summed E-state index contributed by atoms with van der Waals surface area (Å²) in [4.78, 5) is 0. The van der Waals surface area contributed by atoms with Crippen molar-refractivity contribution in [2.24, 2.45) is 5.92 Å². The van der Waals surface area contributed by atoms with Gasteiger partial charge in [0.05, 0.1) is 23.0 Å². The molecule has 18 heavy (non-hydrogen) atoms. The quantitative estimate of drug-likeness (QED) is 0.842. The molecular formula is C14H17NO2S. The van der Waals surface area contributed by atoms with Crippen molar-refractivity contribution in [1.82, 2.24) is 0 Å². The Hall–Kier alpha value is -1.34. The first-order valence-electron chi connectivity index (χ1n) is 6.20. The Labute approximate surface area is 108 Å². The second-order valence-corrected chi connectivity index (χ2v) is 7.16. The predicted molar refractivity (Wildman–Crippen MR) is 70.5 cm³/mol. The fourth-order valence-electron chi connectivity index (χ4n) is 2.60. The maximum absolute atomic E-state index is 12.4. The van der Waals surface area contributed by atoms with Gasteiger partial charge in [0.1, 0.15) is 0 Å². The average Bonchev–Trinajstić information content (AvgIpc) is 2.81. The summed E-state index contributed by atoms with van der Waals surface area (Å²) in [5, 5.41) is 8.54. The number of sulfone groups is 1. The lowest BCUT2D eigenvalue weighted by molar-refractivity contribution is 0.564. The van der Waals surface area contributed by atoms with Crippen LogP contribution in [-0.4, -0.2) is 13.7 Å². The number of benzene rings is 1. The van der Waals surface area contributed by atoms with Gasteiger partial charge in [-0.2, -0.15) is 5.26 Å². The molecule has 0 aliphatic heterocycles. The zero-order chi connectivity index (χ0) is 13.2. The van der Waals surface area contributed by atoms with E-state index in [2.05, 4.69) is 6.07 Å². The Balaban J connectivity index is 2.23. The van der Waals surface area contributed by atoms with Crippen LogP contribution < -0.4 is 0 Å². The number of aryl methyl sites for hydroxylation is 1. The zero-order valence-corrected chi connectivity index (χ0v) is 11.3. The molecule has 1 aliphatic rings. The molecule has 1 saturated carbocycles. The van der Waals surface area contributed by atoms with Crippen molar-refractivity contribution < 1.29 is 8.42 Å². The molecule has 3 nitrogen and oxygen atoms in total. The van der Waals surface area contributed by atoms with Crippen LogP contribution in [0, 0.1) is 24.2 Å². The molecule has 0 bridgehead atoms. The van der Waals surface area contributed by atoms with Crippen LogP contribution in [0.3, 0.4) is 0 Å². The summed E-state index contributed by atoms with van der Waals surface area (Å²) < 4.78 is 24.7.